The topological polar surface area (TPSA) is 134 Å². The van der Waals surface area contributed by atoms with Gasteiger partial charge in [0.1, 0.15) is 6.61 Å². The van der Waals surface area contributed by atoms with Crippen LogP contribution in [0.25, 0.3) is 0 Å². The number of nitrogens with two attached hydrogens (primary N) is 1. The van der Waals surface area contributed by atoms with E-state index in [1.54, 1.807) is 0 Å². The van der Waals surface area contributed by atoms with Crippen LogP contribution in [0.2, 0.25) is 0 Å². The van der Waals surface area contributed by atoms with E-state index in [1.807, 2.05) is 0 Å². The molecule has 2 atom stereocenters. The molecule has 0 aliphatic rings. The number of allylic oxidation sites excluding steroid dienone is 4. The first-order valence-corrected chi connectivity index (χ1v) is 25.8. The van der Waals surface area contributed by atoms with Gasteiger partial charge < -0.3 is 20.1 Å². The molecule has 0 aliphatic heterocycles. The van der Waals surface area contributed by atoms with Gasteiger partial charge in [0.15, 0.2) is 6.10 Å². The summed E-state index contributed by atoms with van der Waals surface area (Å²) in [6.45, 7) is 3.74. The maximum Gasteiger partial charge on any atom is 0.472 e. The number of carbonyl (C=O) groups excluding carboxylic acids is 2. The number of phosphoric acid groups is 1. The van der Waals surface area contributed by atoms with E-state index in [0.717, 1.165) is 51.4 Å². The molecule has 0 aromatic rings. The molecule has 0 aliphatic carbocycles. The third-order valence-corrected chi connectivity index (χ3v) is 11.6. The summed E-state index contributed by atoms with van der Waals surface area (Å²) in [4.78, 5) is 35.0. The van der Waals surface area contributed by atoms with Crippen molar-refractivity contribution < 1.29 is 37.6 Å². The van der Waals surface area contributed by atoms with Gasteiger partial charge in [0, 0.05) is 19.4 Å². The largest absolute Gasteiger partial charge is 0.472 e. The van der Waals surface area contributed by atoms with Gasteiger partial charge in [-0.1, -0.05) is 205 Å². The van der Waals surface area contributed by atoms with Crippen LogP contribution in [0.15, 0.2) is 24.3 Å². The Labute approximate surface area is 357 Å². The first kappa shape index (κ1) is 56.5. The highest BCUT2D eigenvalue weighted by Crippen LogP contribution is 2.43. The van der Waals surface area contributed by atoms with E-state index >= 15 is 0 Å². The van der Waals surface area contributed by atoms with Gasteiger partial charge in [-0.15, -0.1) is 0 Å². The number of hydrogen-bond acceptors (Lipinski definition) is 8. The Morgan fingerprint density at radius 3 is 1.34 bits per heavy atom. The molecule has 342 valence electrons. The van der Waals surface area contributed by atoms with E-state index in [0.29, 0.717) is 6.42 Å². The van der Waals surface area contributed by atoms with Crippen LogP contribution in [-0.4, -0.2) is 49.3 Å². The number of hydrogen-bond donors (Lipinski definition) is 2. The summed E-state index contributed by atoms with van der Waals surface area (Å²) in [5, 5.41) is 0. The van der Waals surface area contributed by atoms with E-state index in [4.69, 9.17) is 24.3 Å². The lowest BCUT2D eigenvalue weighted by Gasteiger charge is -2.19. The van der Waals surface area contributed by atoms with Crippen molar-refractivity contribution in [2.45, 2.75) is 245 Å². The molecule has 0 bridgehead atoms. The Hall–Kier alpha value is -1.51. The second kappa shape index (κ2) is 45.0. The first-order chi connectivity index (χ1) is 28.3. The Morgan fingerprint density at radius 2 is 0.897 bits per heavy atom. The van der Waals surface area contributed by atoms with Crippen molar-refractivity contribution in [2.24, 2.45) is 5.73 Å². The fourth-order valence-corrected chi connectivity index (χ4v) is 7.73. The van der Waals surface area contributed by atoms with Crippen molar-refractivity contribution in [3.63, 3.8) is 0 Å². The van der Waals surface area contributed by atoms with Crippen LogP contribution in [0, 0.1) is 0 Å². The quantitative estimate of drug-likeness (QED) is 0.0266. The van der Waals surface area contributed by atoms with Crippen molar-refractivity contribution in [1.29, 1.82) is 0 Å². The number of unbranched alkanes of at least 4 members (excludes halogenated alkanes) is 29. The summed E-state index contributed by atoms with van der Waals surface area (Å²) in [5.41, 5.74) is 5.36. The molecule has 9 nitrogen and oxygen atoms in total. The Balaban J connectivity index is 4.06. The second-order valence-corrected chi connectivity index (χ2v) is 17.8. The maximum absolute atomic E-state index is 12.6. The van der Waals surface area contributed by atoms with E-state index in [-0.39, 0.29) is 38.6 Å². The molecule has 58 heavy (non-hydrogen) atoms. The molecule has 3 N–H and O–H groups in total. The minimum atomic E-state index is -4.38. The Kier molecular flexibility index (Phi) is 43.9. The highest BCUT2D eigenvalue weighted by molar-refractivity contribution is 7.47. The summed E-state index contributed by atoms with van der Waals surface area (Å²) in [6.07, 6.45) is 49.2. The maximum atomic E-state index is 12.6. The fourth-order valence-electron chi connectivity index (χ4n) is 6.96. The van der Waals surface area contributed by atoms with Crippen molar-refractivity contribution in [2.75, 3.05) is 26.4 Å². The number of carbonyl (C=O) groups is 2. The highest BCUT2D eigenvalue weighted by atomic mass is 31.2. The molecule has 0 rings (SSSR count). The normalized spacial score (nSPS) is 13.4. The van der Waals surface area contributed by atoms with Crippen molar-refractivity contribution in [3.8, 4) is 0 Å². The van der Waals surface area contributed by atoms with Gasteiger partial charge >= 0.3 is 19.8 Å². The van der Waals surface area contributed by atoms with Gasteiger partial charge in [-0.05, 0) is 44.9 Å². The number of ether oxygens (including phenoxy) is 2. The summed E-state index contributed by atoms with van der Waals surface area (Å²) < 4.78 is 32.9. The fraction of sp³-hybridized carbons (Fsp3) is 0.875. The number of phosphoric ester groups is 1. The Morgan fingerprint density at radius 1 is 0.517 bits per heavy atom. The summed E-state index contributed by atoms with van der Waals surface area (Å²) in [6, 6.07) is 0. The van der Waals surface area contributed by atoms with Crippen LogP contribution < -0.4 is 5.73 Å². The minimum Gasteiger partial charge on any atom is -0.462 e. The lowest BCUT2D eigenvalue weighted by atomic mass is 10.0. The lowest BCUT2D eigenvalue weighted by Crippen LogP contribution is -2.29. The van der Waals surface area contributed by atoms with Gasteiger partial charge in [-0.25, -0.2) is 4.57 Å². The Bertz CT molecular complexity index is 1010. The summed E-state index contributed by atoms with van der Waals surface area (Å²) in [7, 11) is -4.38. The van der Waals surface area contributed by atoms with Crippen molar-refractivity contribution >= 4 is 19.8 Å². The van der Waals surface area contributed by atoms with Crippen LogP contribution in [0.3, 0.4) is 0 Å². The predicted molar refractivity (Wildman–Crippen MR) is 243 cm³/mol. The van der Waals surface area contributed by atoms with Gasteiger partial charge in [0.25, 0.3) is 0 Å². The SMILES string of the molecule is CCCCC/C=C/C/C=C/CCCCCCCCCC(=O)OC[C@H](COP(=O)(O)OCCN)OC(=O)CCCCCCCCCCCCCCCCCCCCCC. The zero-order valence-electron chi connectivity index (χ0n) is 37.8. The molecule has 0 aromatic carbocycles. The van der Waals surface area contributed by atoms with Crippen molar-refractivity contribution in [3.05, 3.63) is 24.3 Å². The van der Waals surface area contributed by atoms with Crippen LogP contribution in [0.5, 0.6) is 0 Å². The van der Waals surface area contributed by atoms with Crippen LogP contribution in [-0.2, 0) is 32.7 Å². The zero-order chi connectivity index (χ0) is 42.5. The molecular formula is C48H92NO8P. The second-order valence-electron chi connectivity index (χ2n) is 16.3. The minimum absolute atomic E-state index is 0.0541. The lowest BCUT2D eigenvalue weighted by molar-refractivity contribution is -0.161. The molecule has 10 heteroatoms. The molecule has 0 fully saturated rings. The molecule has 0 amide bonds. The molecule has 0 heterocycles. The third kappa shape index (κ3) is 44.1. The monoisotopic (exact) mass is 842 g/mol. The van der Waals surface area contributed by atoms with Gasteiger partial charge in [-0.2, -0.15) is 0 Å². The smallest absolute Gasteiger partial charge is 0.462 e. The molecule has 1 unspecified atom stereocenters. The van der Waals surface area contributed by atoms with Gasteiger partial charge in [0.2, 0.25) is 0 Å². The van der Waals surface area contributed by atoms with E-state index in [1.165, 1.54) is 154 Å². The molecular weight excluding hydrogens is 750 g/mol. The van der Waals surface area contributed by atoms with Gasteiger partial charge in [0.05, 0.1) is 13.2 Å². The molecule has 0 saturated heterocycles. The number of esters is 2. The summed E-state index contributed by atoms with van der Waals surface area (Å²) in [5.74, 6) is -0.826. The average molecular weight is 842 g/mol. The average Bonchev–Trinajstić information content (AvgIpc) is 3.21. The third-order valence-electron chi connectivity index (χ3n) is 10.6. The van der Waals surface area contributed by atoms with Crippen LogP contribution >= 0.6 is 7.82 Å². The highest BCUT2D eigenvalue weighted by Gasteiger charge is 2.26. The number of rotatable bonds is 46. The summed E-state index contributed by atoms with van der Waals surface area (Å²) >= 11 is 0. The molecule has 0 spiro atoms. The predicted octanol–water partition coefficient (Wildman–Crippen LogP) is 14.3. The van der Waals surface area contributed by atoms with Crippen LogP contribution in [0.1, 0.15) is 239 Å². The zero-order valence-corrected chi connectivity index (χ0v) is 38.7. The van der Waals surface area contributed by atoms with E-state index in [9.17, 15) is 19.0 Å². The standard InChI is InChI=1S/C48H92NO8P/c1-3-5-7-9-11-13-15-17-19-21-22-23-25-27-29-31-33-35-37-39-41-48(51)57-46(45-56-58(52,53)55-43-42-49)44-54-47(50)40-38-36-34-32-30-28-26-24-20-18-16-14-12-10-8-6-4-2/h12,14,18,20,46H,3-11,13,15-17,19,21-45,49H2,1-2H3,(H,52,53)/b14-12+,20-18+/t46-/m1/s1. The van der Waals surface area contributed by atoms with Crippen molar-refractivity contribution in [1.82, 2.24) is 0 Å². The molecule has 0 radical (unpaired) electrons. The van der Waals surface area contributed by atoms with Crippen LogP contribution in [0.4, 0.5) is 0 Å². The van der Waals surface area contributed by atoms with E-state index in [2.05, 4.69) is 38.2 Å². The first-order valence-electron chi connectivity index (χ1n) is 24.3. The molecule has 0 saturated carbocycles. The molecule has 0 aromatic heterocycles. The van der Waals surface area contributed by atoms with E-state index < -0.39 is 26.5 Å². The van der Waals surface area contributed by atoms with Gasteiger partial charge in [-0.3, -0.25) is 18.6 Å².